The SMILES string of the molecule is CCN(CC)C(=O)C1(NC(=O)CCc2nc(C3(NC(C)=O)CCCCCC3)no2)CCCCC1. The van der Waals surface area contributed by atoms with Gasteiger partial charge >= 0.3 is 0 Å². The van der Waals surface area contributed by atoms with Crippen LogP contribution in [0, 0.1) is 0 Å². The van der Waals surface area contributed by atoms with E-state index in [1.165, 1.54) is 6.92 Å². The molecule has 3 rings (SSSR count). The summed E-state index contributed by atoms with van der Waals surface area (Å²) in [6, 6.07) is 0. The van der Waals surface area contributed by atoms with Crippen LogP contribution >= 0.6 is 0 Å². The van der Waals surface area contributed by atoms with Crippen LogP contribution in [0.15, 0.2) is 4.52 Å². The van der Waals surface area contributed by atoms with Gasteiger partial charge in [0.25, 0.3) is 0 Å². The Kier molecular flexibility index (Phi) is 9.08. The first-order valence-electron chi connectivity index (χ1n) is 13.1. The topological polar surface area (TPSA) is 117 Å². The number of nitrogens with zero attached hydrogens (tertiary/aromatic N) is 3. The van der Waals surface area contributed by atoms with Crippen LogP contribution in [0.25, 0.3) is 0 Å². The number of likely N-dealkylation sites (N-methyl/N-ethyl adjacent to an activating group) is 1. The van der Waals surface area contributed by atoms with E-state index in [9.17, 15) is 14.4 Å². The van der Waals surface area contributed by atoms with Gasteiger partial charge in [-0.15, -0.1) is 0 Å². The standard InChI is InChI=1S/C25H41N5O4/c1-4-30(5-2)23(33)25(17-11-8-12-18-25)28-20(32)13-14-21-26-22(29-34-21)24(27-19(3)31)15-9-6-7-10-16-24/h4-18H2,1-3H3,(H,27,31)(H,28,32). The molecule has 2 fully saturated rings. The molecule has 0 bridgehead atoms. The summed E-state index contributed by atoms with van der Waals surface area (Å²) in [5.74, 6) is 0.625. The summed E-state index contributed by atoms with van der Waals surface area (Å²) in [5.41, 5.74) is -1.41. The van der Waals surface area contributed by atoms with E-state index in [4.69, 9.17) is 4.52 Å². The molecule has 2 aliphatic carbocycles. The lowest BCUT2D eigenvalue weighted by Crippen LogP contribution is -2.60. The predicted octanol–water partition coefficient (Wildman–Crippen LogP) is 3.38. The zero-order valence-electron chi connectivity index (χ0n) is 21.1. The normalized spacial score (nSPS) is 19.6. The van der Waals surface area contributed by atoms with Crippen molar-refractivity contribution in [2.45, 2.75) is 115 Å². The molecule has 0 saturated heterocycles. The number of nitrogens with one attached hydrogen (secondary N) is 2. The molecule has 0 atom stereocenters. The van der Waals surface area contributed by atoms with Crippen molar-refractivity contribution >= 4 is 17.7 Å². The second-order valence-electron chi connectivity index (χ2n) is 9.86. The Morgan fingerprint density at radius 2 is 1.50 bits per heavy atom. The van der Waals surface area contributed by atoms with Gasteiger partial charge in [0, 0.05) is 32.9 Å². The van der Waals surface area contributed by atoms with Gasteiger partial charge in [-0.3, -0.25) is 14.4 Å². The summed E-state index contributed by atoms with van der Waals surface area (Å²) in [5, 5.41) is 10.4. The zero-order valence-corrected chi connectivity index (χ0v) is 21.1. The van der Waals surface area contributed by atoms with Gasteiger partial charge in [-0.25, -0.2) is 0 Å². The van der Waals surface area contributed by atoms with Gasteiger partial charge in [0.15, 0.2) is 5.82 Å². The lowest BCUT2D eigenvalue weighted by molar-refractivity contribution is -0.143. The average Bonchev–Trinajstić information content (AvgIpc) is 3.19. The Balaban J connectivity index is 1.66. The van der Waals surface area contributed by atoms with Crippen LogP contribution < -0.4 is 10.6 Å². The Morgan fingerprint density at radius 1 is 0.912 bits per heavy atom. The molecule has 2 aliphatic rings. The molecule has 1 aromatic heterocycles. The summed E-state index contributed by atoms with van der Waals surface area (Å²) in [6.45, 7) is 6.71. The zero-order chi connectivity index (χ0) is 24.6. The van der Waals surface area contributed by atoms with Gasteiger partial charge in [-0.1, -0.05) is 50.1 Å². The molecule has 0 aromatic carbocycles. The van der Waals surface area contributed by atoms with Crippen LogP contribution in [0.4, 0.5) is 0 Å². The van der Waals surface area contributed by atoms with Crippen molar-refractivity contribution in [2.24, 2.45) is 0 Å². The second kappa shape index (κ2) is 11.8. The highest BCUT2D eigenvalue weighted by Gasteiger charge is 2.43. The third-order valence-corrected chi connectivity index (χ3v) is 7.38. The first kappa shape index (κ1) is 26.2. The average molecular weight is 476 g/mol. The molecule has 1 heterocycles. The number of hydrogen-bond donors (Lipinski definition) is 2. The van der Waals surface area contributed by atoms with E-state index in [-0.39, 0.29) is 24.1 Å². The monoisotopic (exact) mass is 475 g/mol. The fourth-order valence-electron chi connectivity index (χ4n) is 5.54. The largest absolute Gasteiger partial charge is 0.343 e. The number of carbonyl (C=O) groups is 3. The van der Waals surface area contributed by atoms with Crippen LogP contribution in [0.2, 0.25) is 0 Å². The predicted molar refractivity (Wildman–Crippen MR) is 128 cm³/mol. The number of aryl methyl sites for hydroxylation is 1. The molecular formula is C25H41N5O4. The number of hydrogen-bond acceptors (Lipinski definition) is 6. The highest BCUT2D eigenvalue weighted by atomic mass is 16.5. The molecule has 9 nitrogen and oxygen atoms in total. The molecule has 34 heavy (non-hydrogen) atoms. The summed E-state index contributed by atoms with van der Waals surface area (Å²) in [7, 11) is 0. The minimum absolute atomic E-state index is 0.0243. The van der Waals surface area contributed by atoms with Gasteiger partial charge in [-0.05, 0) is 39.5 Å². The van der Waals surface area contributed by atoms with Crippen molar-refractivity contribution in [1.82, 2.24) is 25.7 Å². The van der Waals surface area contributed by atoms with Crippen molar-refractivity contribution in [2.75, 3.05) is 13.1 Å². The van der Waals surface area contributed by atoms with Crippen LogP contribution in [-0.2, 0) is 26.3 Å². The number of amides is 3. The summed E-state index contributed by atoms with van der Waals surface area (Å²) < 4.78 is 5.48. The van der Waals surface area contributed by atoms with E-state index < -0.39 is 11.1 Å². The third kappa shape index (κ3) is 6.16. The molecule has 2 saturated carbocycles. The maximum Gasteiger partial charge on any atom is 0.248 e. The van der Waals surface area contributed by atoms with E-state index >= 15 is 0 Å². The van der Waals surface area contributed by atoms with Crippen LogP contribution in [-0.4, -0.2) is 51.4 Å². The molecule has 0 aliphatic heterocycles. The highest BCUT2D eigenvalue weighted by molar-refractivity contribution is 5.91. The molecule has 0 spiro atoms. The molecule has 3 amide bonds. The maximum absolute atomic E-state index is 13.3. The Hall–Kier alpha value is -2.45. The van der Waals surface area contributed by atoms with Crippen LogP contribution in [0.5, 0.6) is 0 Å². The molecular weight excluding hydrogens is 434 g/mol. The van der Waals surface area contributed by atoms with Gasteiger partial charge in [0.05, 0.1) is 0 Å². The van der Waals surface area contributed by atoms with Crippen molar-refractivity contribution in [3.8, 4) is 0 Å². The van der Waals surface area contributed by atoms with Crippen LogP contribution in [0.1, 0.15) is 110 Å². The number of rotatable bonds is 9. The smallest absolute Gasteiger partial charge is 0.248 e. The van der Waals surface area contributed by atoms with Gasteiger partial charge in [0.2, 0.25) is 23.6 Å². The molecule has 0 unspecified atom stereocenters. The summed E-state index contributed by atoms with van der Waals surface area (Å²) in [4.78, 5) is 44.5. The quantitative estimate of drug-likeness (QED) is 0.529. The van der Waals surface area contributed by atoms with E-state index in [1.807, 2.05) is 18.7 Å². The van der Waals surface area contributed by atoms with E-state index in [2.05, 4.69) is 20.8 Å². The van der Waals surface area contributed by atoms with Gasteiger partial charge < -0.3 is 20.1 Å². The second-order valence-corrected chi connectivity index (χ2v) is 9.86. The van der Waals surface area contributed by atoms with E-state index in [1.54, 1.807) is 0 Å². The fourth-order valence-corrected chi connectivity index (χ4v) is 5.54. The lowest BCUT2D eigenvalue weighted by Gasteiger charge is -2.40. The number of carbonyl (C=O) groups excluding carboxylic acids is 3. The molecule has 0 radical (unpaired) electrons. The van der Waals surface area contributed by atoms with Gasteiger partial charge in [0.1, 0.15) is 11.1 Å². The minimum Gasteiger partial charge on any atom is -0.343 e. The summed E-state index contributed by atoms with van der Waals surface area (Å²) >= 11 is 0. The molecule has 9 heteroatoms. The van der Waals surface area contributed by atoms with Crippen molar-refractivity contribution in [1.29, 1.82) is 0 Å². The minimum atomic E-state index is -0.808. The summed E-state index contributed by atoms with van der Waals surface area (Å²) in [6.07, 6.45) is 10.6. The van der Waals surface area contributed by atoms with E-state index in [0.717, 1.165) is 57.8 Å². The molecule has 2 N–H and O–H groups in total. The van der Waals surface area contributed by atoms with E-state index in [0.29, 0.717) is 44.1 Å². The lowest BCUT2D eigenvalue weighted by atomic mass is 9.80. The van der Waals surface area contributed by atoms with Gasteiger partial charge in [-0.2, -0.15) is 4.98 Å². The molecule has 190 valence electrons. The molecule has 1 aromatic rings. The fraction of sp³-hybridized carbons (Fsp3) is 0.800. The Bertz CT molecular complexity index is 834. The Morgan fingerprint density at radius 3 is 2.09 bits per heavy atom. The highest BCUT2D eigenvalue weighted by Crippen LogP contribution is 2.35. The van der Waals surface area contributed by atoms with Crippen LogP contribution in [0.3, 0.4) is 0 Å². The van der Waals surface area contributed by atoms with Crippen molar-refractivity contribution < 1.29 is 18.9 Å². The van der Waals surface area contributed by atoms with Crippen molar-refractivity contribution in [3.63, 3.8) is 0 Å². The first-order valence-corrected chi connectivity index (χ1v) is 13.1. The Labute approximate surface area is 202 Å². The maximum atomic E-state index is 13.3. The third-order valence-electron chi connectivity index (χ3n) is 7.38. The van der Waals surface area contributed by atoms with Crippen molar-refractivity contribution in [3.05, 3.63) is 11.7 Å². The first-order chi connectivity index (χ1) is 16.3. The number of aromatic nitrogens is 2.